The Morgan fingerprint density at radius 3 is 2.55 bits per heavy atom. The molecule has 0 fully saturated rings. The van der Waals surface area contributed by atoms with Crippen molar-refractivity contribution in [3.8, 4) is 0 Å². The lowest BCUT2D eigenvalue weighted by molar-refractivity contribution is 0.524. The van der Waals surface area contributed by atoms with E-state index in [1.807, 2.05) is 13.0 Å². The summed E-state index contributed by atoms with van der Waals surface area (Å²) in [6.07, 6.45) is 0.544. The van der Waals surface area contributed by atoms with Gasteiger partial charge < -0.3 is 5.32 Å². The highest BCUT2D eigenvalue weighted by molar-refractivity contribution is 14.1. The Morgan fingerprint density at radius 2 is 1.90 bits per heavy atom. The predicted octanol–water partition coefficient (Wildman–Crippen LogP) is 4.46. The lowest BCUT2D eigenvalue weighted by Gasteiger charge is -2.20. The third kappa shape index (κ3) is 3.76. The summed E-state index contributed by atoms with van der Waals surface area (Å²) in [5.41, 5.74) is 1.66. The van der Waals surface area contributed by atoms with E-state index < -0.39 is 0 Å². The first-order chi connectivity index (χ1) is 9.61. The van der Waals surface area contributed by atoms with Gasteiger partial charge in [-0.1, -0.05) is 31.2 Å². The third-order valence-electron chi connectivity index (χ3n) is 3.17. The predicted molar refractivity (Wildman–Crippen MR) is 85.6 cm³/mol. The van der Waals surface area contributed by atoms with Crippen LogP contribution in [0.25, 0.3) is 0 Å². The summed E-state index contributed by atoms with van der Waals surface area (Å²) in [4.78, 5) is 0. The number of benzene rings is 2. The van der Waals surface area contributed by atoms with E-state index in [0.29, 0.717) is 12.0 Å². The maximum atomic E-state index is 13.8. The normalized spacial score (nSPS) is 12.4. The minimum absolute atomic E-state index is 0.0237. The summed E-state index contributed by atoms with van der Waals surface area (Å²) in [7, 11) is 0. The molecule has 2 aromatic carbocycles. The van der Waals surface area contributed by atoms with Crippen molar-refractivity contribution < 1.29 is 8.78 Å². The first-order valence-corrected chi connectivity index (χ1v) is 7.61. The number of nitrogens with one attached hydrogen (secondary N) is 1. The summed E-state index contributed by atoms with van der Waals surface area (Å²) in [6, 6.07) is 11.5. The van der Waals surface area contributed by atoms with Crippen molar-refractivity contribution in [1.29, 1.82) is 0 Å². The Hall–Kier alpha value is -1.01. The quantitative estimate of drug-likeness (QED) is 0.747. The summed E-state index contributed by atoms with van der Waals surface area (Å²) in [5, 5.41) is 3.34. The SMILES string of the molecule is CCNC(Cc1ccccc1F)c1ccc(F)cc1I. The molecular weight excluding hydrogens is 371 g/mol. The Kier molecular flexibility index (Phi) is 5.48. The lowest BCUT2D eigenvalue weighted by Crippen LogP contribution is -2.24. The molecule has 0 aliphatic rings. The first-order valence-electron chi connectivity index (χ1n) is 6.53. The third-order valence-corrected chi connectivity index (χ3v) is 4.10. The van der Waals surface area contributed by atoms with Crippen LogP contribution in [0.5, 0.6) is 0 Å². The average Bonchev–Trinajstić information content (AvgIpc) is 2.41. The van der Waals surface area contributed by atoms with Crippen LogP contribution in [-0.2, 0) is 6.42 Å². The van der Waals surface area contributed by atoms with Crippen LogP contribution in [0.2, 0.25) is 0 Å². The molecule has 106 valence electrons. The Bertz CT molecular complexity index is 586. The van der Waals surface area contributed by atoms with E-state index >= 15 is 0 Å². The second-order valence-electron chi connectivity index (χ2n) is 4.57. The van der Waals surface area contributed by atoms with E-state index in [9.17, 15) is 8.78 Å². The topological polar surface area (TPSA) is 12.0 Å². The van der Waals surface area contributed by atoms with Crippen molar-refractivity contribution in [1.82, 2.24) is 5.32 Å². The lowest BCUT2D eigenvalue weighted by atomic mass is 9.98. The number of rotatable bonds is 5. The molecule has 0 aliphatic carbocycles. The molecule has 20 heavy (non-hydrogen) atoms. The van der Waals surface area contributed by atoms with Crippen LogP contribution in [-0.4, -0.2) is 6.54 Å². The Balaban J connectivity index is 2.29. The summed E-state index contributed by atoms with van der Waals surface area (Å²) >= 11 is 2.12. The highest BCUT2D eigenvalue weighted by Gasteiger charge is 2.16. The summed E-state index contributed by atoms with van der Waals surface area (Å²) < 4.78 is 27.8. The fourth-order valence-electron chi connectivity index (χ4n) is 2.21. The van der Waals surface area contributed by atoms with Crippen LogP contribution < -0.4 is 5.32 Å². The van der Waals surface area contributed by atoms with E-state index in [0.717, 1.165) is 15.7 Å². The van der Waals surface area contributed by atoms with E-state index in [1.54, 1.807) is 18.2 Å². The standard InChI is InChI=1S/C16H16F2IN/c1-2-20-16(9-11-5-3-4-6-14(11)18)13-8-7-12(17)10-15(13)19/h3-8,10,16,20H,2,9H2,1H3. The molecule has 4 heteroatoms. The maximum absolute atomic E-state index is 13.8. The van der Waals surface area contributed by atoms with Crippen LogP contribution in [0.1, 0.15) is 24.1 Å². The van der Waals surface area contributed by atoms with E-state index in [1.165, 1.54) is 18.2 Å². The van der Waals surface area contributed by atoms with Crippen LogP contribution >= 0.6 is 22.6 Å². The van der Waals surface area contributed by atoms with Gasteiger partial charge >= 0.3 is 0 Å². The molecule has 0 spiro atoms. The van der Waals surface area contributed by atoms with Gasteiger partial charge in [0.05, 0.1) is 0 Å². The van der Waals surface area contributed by atoms with Gasteiger partial charge in [-0.2, -0.15) is 0 Å². The van der Waals surface area contributed by atoms with Crippen LogP contribution in [0.15, 0.2) is 42.5 Å². The van der Waals surface area contributed by atoms with E-state index in [-0.39, 0.29) is 17.7 Å². The molecule has 1 nitrogen and oxygen atoms in total. The molecule has 0 amide bonds. The van der Waals surface area contributed by atoms with Crippen LogP contribution in [0.3, 0.4) is 0 Å². The van der Waals surface area contributed by atoms with Crippen molar-refractivity contribution in [3.05, 3.63) is 68.8 Å². The van der Waals surface area contributed by atoms with Gasteiger partial charge in [-0.3, -0.25) is 0 Å². The minimum atomic E-state index is -0.251. The second-order valence-corrected chi connectivity index (χ2v) is 5.73. The van der Waals surface area contributed by atoms with Crippen molar-refractivity contribution in [3.63, 3.8) is 0 Å². The van der Waals surface area contributed by atoms with Gasteiger partial charge in [-0.15, -0.1) is 0 Å². The van der Waals surface area contributed by atoms with Crippen molar-refractivity contribution in [2.45, 2.75) is 19.4 Å². The number of halogens is 3. The van der Waals surface area contributed by atoms with Crippen molar-refractivity contribution in [2.75, 3.05) is 6.54 Å². The molecule has 0 heterocycles. The van der Waals surface area contributed by atoms with Gasteiger partial charge in [0.2, 0.25) is 0 Å². The van der Waals surface area contributed by atoms with Crippen molar-refractivity contribution >= 4 is 22.6 Å². The Morgan fingerprint density at radius 1 is 1.15 bits per heavy atom. The van der Waals surface area contributed by atoms with Crippen LogP contribution in [0.4, 0.5) is 8.78 Å². The molecule has 1 unspecified atom stereocenters. The van der Waals surface area contributed by atoms with E-state index in [4.69, 9.17) is 0 Å². The highest BCUT2D eigenvalue weighted by atomic mass is 127. The molecule has 0 aliphatic heterocycles. The number of hydrogen-bond donors (Lipinski definition) is 1. The molecule has 0 saturated carbocycles. The largest absolute Gasteiger partial charge is 0.310 e. The highest BCUT2D eigenvalue weighted by Crippen LogP contribution is 2.25. The number of hydrogen-bond acceptors (Lipinski definition) is 1. The summed E-state index contributed by atoms with van der Waals surface area (Å²) in [5.74, 6) is -0.452. The molecule has 1 atom stereocenters. The minimum Gasteiger partial charge on any atom is -0.310 e. The molecule has 0 radical (unpaired) electrons. The zero-order valence-electron chi connectivity index (χ0n) is 11.2. The first kappa shape index (κ1) is 15.4. The van der Waals surface area contributed by atoms with Gasteiger partial charge in [-0.05, 0) is 64.9 Å². The fourth-order valence-corrected chi connectivity index (χ4v) is 3.06. The van der Waals surface area contributed by atoms with E-state index in [2.05, 4.69) is 27.9 Å². The summed E-state index contributed by atoms with van der Waals surface area (Å²) in [6.45, 7) is 2.78. The maximum Gasteiger partial charge on any atom is 0.126 e. The molecule has 0 bridgehead atoms. The number of likely N-dealkylation sites (N-methyl/N-ethyl adjacent to an activating group) is 1. The second kappa shape index (κ2) is 7.13. The van der Waals surface area contributed by atoms with Crippen LogP contribution in [0, 0.1) is 15.2 Å². The molecule has 0 saturated heterocycles. The Labute approximate surface area is 131 Å². The smallest absolute Gasteiger partial charge is 0.126 e. The van der Waals surface area contributed by atoms with Crippen molar-refractivity contribution in [2.24, 2.45) is 0 Å². The van der Waals surface area contributed by atoms with Gasteiger partial charge in [0.15, 0.2) is 0 Å². The van der Waals surface area contributed by atoms with Gasteiger partial charge in [0.1, 0.15) is 11.6 Å². The monoisotopic (exact) mass is 387 g/mol. The molecule has 0 aromatic heterocycles. The zero-order chi connectivity index (χ0) is 14.5. The zero-order valence-corrected chi connectivity index (χ0v) is 13.3. The van der Waals surface area contributed by atoms with Gasteiger partial charge in [-0.25, -0.2) is 8.78 Å². The van der Waals surface area contributed by atoms with Gasteiger partial charge in [0, 0.05) is 9.61 Å². The molecular formula is C16H16F2IN. The molecule has 2 aromatic rings. The van der Waals surface area contributed by atoms with Gasteiger partial charge in [0.25, 0.3) is 0 Å². The fraction of sp³-hybridized carbons (Fsp3) is 0.250. The molecule has 1 N–H and O–H groups in total. The molecule has 2 rings (SSSR count). The average molecular weight is 387 g/mol.